The first kappa shape index (κ1) is 16.2. The Morgan fingerprint density at radius 2 is 2.04 bits per heavy atom. The van der Waals surface area contributed by atoms with Crippen molar-refractivity contribution >= 4 is 28.4 Å². The van der Waals surface area contributed by atoms with Crippen LogP contribution in [-0.2, 0) is 0 Å². The summed E-state index contributed by atoms with van der Waals surface area (Å²) >= 11 is 6.19. The molecule has 0 bridgehead atoms. The second-order valence-electron chi connectivity index (χ2n) is 5.94. The molecule has 1 saturated heterocycles. The van der Waals surface area contributed by atoms with Gasteiger partial charge >= 0.3 is 0 Å². The Bertz CT molecular complexity index is 712. The largest absolute Gasteiger partial charge is 0.392 e. The van der Waals surface area contributed by atoms with Gasteiger partial charge in [-0.25, -0.2) is 0 Å². The molecule has 3 rings (SSSR count). The number of rotatable bonds is 3. The van der Waals surface area contributed by atoms with E-state index in [9.17, 15) is 9.90 Å². The topological polar surface area (TPSA) is 56.7 Å². The second-order valence-corrected chi connectivity index (χ2v) is 6.34. The Balaban J connectivity index is 1.79. The molecule has 1 fully saturated rings. The minimum atomic E-state index is -0.346. The molecule has 1 aromatic carbocycles. The van der Waals surface area contributed by atoms with Crippen molar-refractivity contribution in [3.63, 3.8) is 0 Å². The fourth-order valence-corrected chi connectivity index (χ4v) is 3.20. The van der Waals surface area contributed by atoms with Gasteiger partial charge in [-0.3, -0.25) is 14.7 Å². The molecule has 0 spiro atoms. The minimum absolute atomic E-state index is 0.0120. The number of aliphatic hydroxyl groups excluding tert-OH is 1. The summed E-state index contributed by atoms with van der Waals surface area (Å²) in [6.07, 6.45) is 1.33. The SMILES string of the molecule is C[C@H](O)CN1CCN(C(=O)c2ccc(Cl)c3cccnc23)CC1. The van der Waals surface area contributed by atoms with E-state index in [1.807, 2.05) is 17.0 Å². The number of nitrogens with zero attached hydrogens (tertiary/aromatic N) is 3. The van der Waals surface area contributed by atoms with Crippen molar-refractivity contribution in [1.29, 1.82) is 0 Å². The van der Waals surface area contributed by atoms with E-state index in [2.05, 4.69) is 9.88 Å². The van der Waals surface area contributed by atoms with E-state index < -0.39 is 0 Å². The third-order valence-corrected chi connectivity index (χ3v) is 4.46. The van der Waals surface area contributed by atoms with Crippen LogP contribution in [0.1, 0.15) is 17.3 Å². The monoisotopic (exact) mass is 333 g/mol. The maximum Gasteiger partial charge on any atom is 0.256 e. The van der Waals surface area contributed by atoms with Gasteiger partial charge in [0.05, 0.1) is 22.2 Å². The lowest BCUT2D eigenvalue weighted by molar-refractivity contribution is 0.0555. The quantitative estimate of drug-likeness (QED) is 0.933. The van der Waals surface area contributed by atoms with E-state index in [1.54, 1.807) is 25.3 Å². The van der Waals surface area contributed by atoms with Gasteiger partial charge in [-0.15, -0.1) is 0 Å². The molecule has 1 aromatic heterocycles. The molecule has 1 aliphatic heterocycles. The zero-order valence-corrected chi connectivity index (χ0v) is 13.8. The molecule has 1 atom stereocenters. The number of fused-ring (bicyclic) bond motifs is 1. The van der Waals surface area contributed by atoms with Gasteiger partial charge in [-0.2, -0.15) is 0 Å². The Morgan fingerprint density at radius 1 is 1.30 bits per heavy atom. The summed E-state index contributed by atoms with van der Waals surface area (Å²) in [6, 6.07) is 7.20. The van der Waals surface area contributed by atoms with E-state index >= 15 is 0 Å². The predicted octanol–water partition coefficient (Wildman–Crippen LogP) is 2.03. The molecule has 1 N–H and O–H groups in total. The van der Waals surface area contributed by atoms with Gasteiger partial charge in [-0.1, -0.05) is 11.6 Å². The van der Waals surface area contributed by atoms with Gasteiger partial charge in [0, 0.05) is 44.3 Å². The maximum absolute atomic E-state index is 12.8. The third-order valence-electron chi connectivity index (χ3n) is 4.13. The number of piperazine rings is 1. The van der Waals surface area contributed by atoms with E-state index in [1.165, 1.54) is 0 Å². The van der Waals surface area contributed by atoms with Crippen LogP contribution in [0.4, 0.5) is 0 Å². The summed E-state index contributed by atoms with van der Waals surface area (Å²) in [6.45, 7) is 5.28. The molecule has 0 aliphatic carbocycles. The summed E-state index contributed by atoms with van der Waals surface area (Å²) in [5.74, 6) is -0.0120. The Labute approximate surface area is 140 Å². The molecule has 2 heterocycles. The van der Waals surface area contributed by atoms with Crippen LogP contribution in [0.25, 0.3) is 10.9 Å². The molecule has 0 unspecified atom stereocenters. The Kier molecular flexibility index (Phi) is 4.80. The fraction of sp³-hybridized carbons (Fsp3) is 0.412. The number of aromatic nitrogens is 1. The molecule has 1 amide bonds. The summed E-state index contributed by atoms with van der Waals surface area (Å²) in [7, 11) is 0. The molecule has 122 valence electrons. The third kappa shape index (κ3) is 3.47. The van der Waals surface area contributed by atoms with Crippen molar-refractivity contribution < 1.29 is 9.90 Å². The van der Waals surface area contributed by atoms with Crippen molar-refractivity contribution in [2.24, 2.45) is 0 Å². The molecule has 0 radical (unpaired) electrons. The van der Waals surface area contributed by atoms with Gasteiger partial charge in [0.25, 0.3) is 5.91 Å². The number of aliphatic hydroxyl groups is 1. The molecule has 0 saturated carbocycles. The summed E-state index contributed by atoms with van der Waals surface area (Å²) in [5.41, 5.74) is 1.24. The number of hydrogen-bond acceptors (Lipinski definition) is 4. The maximum atomic E-state index is 12.8. The first-order chi connectivity index (χ1) is 11.1. The van der Waals surface area contributed by atoms with E-state index in [0.29, 0.717) is 35.7 Å². The van der Waals surface area contributed by atoms with E-state index in [-0.39, 0.29) is 12.0 Å². The standard InChI is InChI=1S/C17H20ClN3O2/c1-12(22)11-20-7-9-21(10-8-20)17(23)14-4-5-15(18)13-3-2-6-19-16(13)14/h2-6,12,22H,7-11H2,1H3/t12-/m0/s1. The zero-order valence-electron chi connectivity index (χ0n) is 13.1. The van der Waals surface area contributed by atoms with Crippen LogP contribution in [0.15, 0.2) is 30.5 Å². The van der Waals surface area contributed by atoms with Crippen LogP contribution in [-0.4, -0.2) is 64.6 Å². The lowest BCUT2D eigenvalue weighted by Gasteiger charge is -2.35. The average Bonchev–Trinajstić information content (AvgIpc) is 2.55. The van der Waals surface area contributed by atoms with Gasteiger partial charge in [0.15, 0.2) is 0 Å². The lowest BCUT2D eigenvalue weighted by atomic mass is 10.1. The van der Waals surface area contributed by atoms with E-state index in [4.69, 9.17) is 11.6 Å². The molecule has 23 heavy (non-hydrogen) atoms. The second kappa shape index (κ2) is 6.83. The molecule has 5 nitrogen and oxygen atoms in total. The first-order valence-corrected chi connectivity index (χ1v) is 8.17. The summed E-state index contributed by atoms with van der Waals surface area (Å²) < 4.78 is 0. The Hall–Kier alpha value is -1.69. The number of benzene rings is 1. The van der Waals surface area contributed by atoms with Gasteiger partial charge in [0.1, 0.15) is 0 Å². The lowest BCUT2D eigenvalue weighted by Crippen LogP contribution is -2.50. The smallest absolute Gasteiger partial charge is 0.256 e. The van der Waals surface area contributed by atoms with Crippen LogP contribution in [0.3, 0.4) is 0 Å². The number of carbonyl (C=O) groups excluding carboxylic acids is 1. The van der Waals surface area contributed by atoms with Crippen molar-refractivity contribution in [2.45, 2.75) is 13.0 Å². The number of hydrogen-bond donors (Lipinski definition) is 1. The molecular weight excluding hydrogens is 314 g/mol. The fourth-order valence-electron chi connectivity index (χ4n) is 2.99. The summed E-state index contributed by atoms with van der Waals surface area (Å²) in [4.78, 5) is 21.2. The van der Waals surface area contributed by atoms with Crippen LogP contribution < -0.4 is 0 Å². The minimum Gasteiger partial charge on any atom is -0.392 e. The highest BCUT2D eigenvalue weighted by atomic mass is 35.5. The highest BCUT2D eigenvalue weighted by molar-refractivity contribution is 6.36. The van der Waals surface area contributed by atoms with Crippen LogP contribution >= 0.6 is 11.6 Å². The van der Waals surface area contributed by atoms with Crippen molar-refractivity contribution in [1.82, 2.24) is 14.8 Å². The number of carbonyl (C=O) groups is 1. The van der Waals surface area contributed by atoms with Crippen molar-refractivity contribution in [3.05, 3.63) is 41.0 Å². The van der Waals surface area contributed by atoms with Crippen molar-refractivity contribution in [3.8, 4) is 0 Å². The van der Waals surface area contributed by atoms with Gasteiger partial charge in [0.2, 0.25) is 0 Å². The van der Waals surface area contributed by atoms with Crippen LogP contribution in [0.2, 0.25) is 5.02 Å². The number of pyridine rings is 1. The highest BCUT2D eigenvalue weighted by Crippen LogP contribution is 2.25. The molecule has 6 heteroatoms. The highest BCUT2D eigenvalue weighted by Gasteiger charge is 2.24. The normalized spacial score (nSPS) is 17.4. The zero-order chi connectivity index (χ0) is 16.4. The van der Waals surface area contributed by atoms with Crippen LogP contribution in [0.5, 0.6) is 0 Å². The Morgan fingerprint density at radius 3 is 2.74 bits per heavy atom. The van der Waals surface area contributed by atoms with Gasteiger partial charge < -0.3 is 10.0 Å². The van der Waals surface area contributed by atoms with Gasteiger partial charge in [-0.05, 0) is 31.2 Å². The first-order valence-electron chi connectivity index (χ1n) is 7.79. The number of halogens is 1. The average molecular weight is 334 g/mol. The van der Waals surface area contributed by atoms with E-state index in [0.717, 1.165) is 18.5 Å². The summed E-state index contributed by atoms with van der Waals surface area (Å²) in [5, 5.41) is 10.9. The predicted molar refractivity (Wildman–Crippen MR) is 90.8 cm³/mol. The number of amides is 1. The molecule has 1 aliphatic rings. The molecule has 2 aromatic rings. The molecular formula is C17H20ClN3O2. The van der Waals surface area contributed by atoms with Crippen LogP contribution in [0, 0.1) is 0 Å². The number of β-amino-alcohol motifs (C(OH)–C–C–N with tert-alkyl or cyclic N) is 1. The van der Waals surface area contributed by atoms with Crippen molar-refractivity contribution in [2.75, 3.05) is 32.7 Å².